The largest absolute Gasteiger partial charge is 0.458 e. The van der Waals surface area contributed by atoms with E-state index in [4.69, 9.17) is 10.2 Å². The van der Waals surface area contributed by atoms with Crippen molar-refractivity contribution in [3.63, 3.8) is 0 Å². The van der Waals surface area contributed by atoms with E-state index >= 15 is 0 Å². The van der Waals surface area contributed by atoms with Crippen molar-refractivity contribution in [3.8, 4) is 0 Å². The van der Waals surface area contributed by atoms with E-state index in [1.807, 2.05) is 11.8 Å². The first-order valence-electron chi connectivity index (χ1n) is 5.87. The van der Waals surface area contributed by atoms with E-state index in [2.05, 4.69) is 15.9 Å². The lowest BCUT2D eigenvalue weighted by atomic mass is 9.91. The molecule has 1 atom stereocenters. The van der Waals surface area contributed by atoms with Crippen LogP contribution in [0.3, 0.4) is 0 Å². The van der Waals surface area contributed by atoms with Gasteiger partial charge in [-0.3, -0.25) is 4.79 Å². The van der Waals surface area contributed by atoms with Gasteiger partial charge < -0.3 is 15.1 Å². The molecule has 0 spiro atoms. The molecule has 1 fully saturated rings. The van der Waals surface area contributed by atoms with Crippen molar-refractivity contribution < 1.29 is 9.21 Å². The number of nitrogens with two attached hydrogens (primary N) is 1. The van der Waals surface area contributed by atoms with Crippen LogP contribution in [0, 0.1) is 5.92 Å². The SMILES string of the molecule is CC(N)C1CCN(C(=O)c2occc2Br)CC1. The summed E-state index contributed by atoms with van der Waals surface area (Å²) in [6.45, 7) is 3.56. The van der Waals surface area contributed by atoms with Gasteiger partial charge in [0.05, 0.1) is 10.7 Å². The van der Waals surface area contributed by atoms with E-state index in [-0.39, 0.29) is 11.9 Å². The topological polar surface area (TPSA) is 59.5 Å². The second-order valence-corrected chi connectivity index (χ2v) is 5.44. The number of amides is 1. The maximum absolute atomic E-state index is 12.1. The minimum Gasteiger partial charge on any atom is -0.458 e. The number of carbonyl (C=O) groups is 1. The Balaban J connectivity index is 1.98. The molecule has 1 aromatic heterocycles. The number of piperidine rings is 1. The summed E-state index contributed by atoms with van der Waals surface area (Å²) in [5.41, 5.74) is 5.88. The number of carbonyl (C=O) groups excluding carboxylic acids is 1. The summed E-state index contributed by atoms with van der Waals surface area (Å²) in [7, 11) is 0. The van der Waals surface area contributed by atoms with Crippen molar-refractivity contribution in [2.45, 2.75) is 25.8 Å². The Morgan fingerprint density at radius 2 is 2.24 bits per heavy atom. The lowest BCUT2D eigenvalue weighted by Gasteiger charge is -2.33. The van der Waals surface area contributed by atoms with Gasteiger partial charge >= 0.3 is 0 Å². The molecule has 4 nitrogen and oxygen atoms in total. The maximum Gasteiger partial charge on any atom is 0.290 e. The molecule has 1 aromatic rings. The smallest absolute Gasteiger partial charge is 0.290 e. The van der Waals surface area contributed by atoms with Crippen LogP contribution in [0.5, 0.6) is 0 Å². The van der Waals surface area contributed by atoms with E-state index in [0.717, 1.165) is 30.4 Å². The molecule has 0 aromatic carbocycles. The molecule has 2 heterocycles. The highest BCUT2D eigenvalue weighted by Gasteiger charge is 2.27. The quantitative estimate of drug-likeness (QED) is 0.911. The molecule has 1 aliphatic heterocycles. The van der Waals surface area contributed by atoms with Gasteiger partial charge in [0.1, 0.15) is 0 Å². The molecule has 1 saturated heterocycles. The zero-order valence-corrected chi connectivity index (χ0v) is 11.4. The summed E-state index contributed by atoms with van der Waals surface area (Å²) in [4.78, 5) is 14.0. The molecule has 1 unspecified atom stereocenters. The lowest BCUT2D eigenvalue weighted by molar-refractivity contribution is 0.0648. The number of hydrogen-bond donors (Lipinski definition) is 1. The van der Waals surface area contributed by atoms with Crippen LogP contribution in [0.15, 0.2) is 21.2 Å². The molecular formula is C12H17BrN2O2. The van der Waals surface area contributed by atoms with Gasteiger partial charge in [-0.1, -0.05) is 0 Å². The average molecular weight is 301 g/mol. The van der Waals surface area contributed by atoms with Gasteiger partial charge in [-0.05, 0) is 47.7 Å². The summed E-state index contributed by atoms with van der Waals surface area (Å²) < 4.78 is 5.91. The van der Waals surface area contributed by atoms with E-state index in [1.54, 1.807) is 6.07 Å². The van der Waals surface area contributed by atoms with Crippen LogP contribution < -0.4 is 5.73 Å². The third kappa shape index (κ3) is 2.72. The van der Waals surface area contributed by atoms with Crippen LogP contribution in [0.1, 0.15) is 30.3 Å². The van der Waals surface area contributed by atoms with Crippen LogP contribution in [-0.2, 0) is 0 Å². The Hall–Kier alpha value is -0.810. The monoisotopic (exact) mass is 300 g/mol. The summed E-state index contributed by atoms with van der Waals surface area (Å²) in [6.07, 6.45) is 3.47. The van der Waals surface area contributed by atoms with Gasteiger partial charge in [0.15, 0.2) is 0 Å². The Kier molecular flexibility index (Phi) is 3.89. The maximum atomic E-state index is 12.1. The highest BCUT2D eigenvalue weighted by atomic mass is 79.9. The van der Waals surface area contributed by atoms with Crippen molar-refractivity contribution in [2.24, 2.45) is 11.7 Å². The zero-order chi connectivity index (χ0) is 12.4. The number of rotatable bonds is 2. The van der Waals surface area contributed by atoms with Gasteiger partial charge in [0, 0.05) is 19.1 Å². The Labute approximate surface area is 109 Å². The molecule has 2 N–H and O–H groups in total. The highest BCUT2D eigenvalue weighted by molar-refractivity contribution is 9.10. The van der Waals surface area contributed by atoms with Gasteiger partial charge in [-0.15, -0.1) is 0 Å². The van der Waals surface area contributed by atoms with Gasteiger partial charge in [-0.25, -0.2) is 0 Å². The Bertz CT molecular complexity index is 395. The Morgan fingerprint density at radius 3 is 2.71 bits per heavy atom. The fourth-order valence-electron chi connectivity index (χ4n) is 2.22. The molecule has 5 heteroatoms. The van der Waals surface area contributed by atoms with Gasteiger partial charge in [0.25, 0.3) is 5.91 Å². The highest BCUT2D eigenvalue weighted by Crippen LogP contribution is 2.24. The van der Waals surface area contributed by atoms with Crippen LogP contribution in [-0.4, -0.2) is 29.9 Å². The molecule has 94 valence electrons. The van der Waals surface area contributed by atoms with E-state index in [0.29, 0.717) is 11.7 Å². The van der Waals surface area contributed by atoms with E-state index in [9.17, 15) is 4.79 Å². The van der Waals surface area contributed by atoms with Crippen LogP contribution >= 0.6 is 15.9 Å². The number of furan rings is 1. The second-order valence-electron chi connectivity index (χ2n) is 4.59. The molecule has 17 heavy (non-hydrogen) atoms. The van der Waals surface area contributed by atoms with Crippen molar-refractivity contribution >= 4 is 21.8 Å². The number of nitrogens with zero attached hydrogens (tertiary/aromatic N) is 1. The Morgan fingerprint density at radius 1 is 1.59 bits per heavy atom. The summed E-state index contributed by atoms with van der Waals surface area (Å²) in [6, 6.07) is 1.95. The van der Waals surface area contributed by atoms with Crippen LogP contribution in [0.25, 0.3) is 0 Å². The van der Waals surface area contributed by atoms with E-state index in [1.165, 1.54) is 6.26 Å². The second kappa shape index (κ2) is 5.23. The van der Waals surface area contributed by atoms with Crippen LogP contribution in [0.2, 0.25) is 0 Å². The number of likely N-dealkylation sites (tertiary alicyclic amines) is 1. The molecule has 0 radical (unpaired) electrons. The van der Waals surface area contributed by atoms with Gasteiger partial charge in [0.2, 0.25) is 5.76 Å². The first-order chi connectivity index (χ1) is 8.09. The molecule has 1 aliphatic rings. The summed E-state index contributed by atoms with van der Waals surface area (Å²) >= 11 is 3.31. The predicted molar refractivity (Wildman–Crippen MR) is 68.7 cm³/mol. The molecule has 0 saturated carbocycles. The first-order valence-corrected chi connectivity index (χ1v) is 6.66. The average Bonchev–Trinajstić information content (AvgIpc) is 2.74. The van der Waals surface area contributed by atoms with Crippen LogP contribution in [0.4, 0.5) is 0 Å². The molecule has 2 rings (SSSR count). The summed E-state index contributed by atoms with van der Waals surface area (Å²) in [5.74, 6) is 0.883. The third-order valence-corrected chi connectivity index (χ3v) is 4.01. The van der Waals surface area contributed by atoms with Crippen molar-refractivity contribution in [3.05, 3.63) is 22.6 Å². The predicted octanol–water partition coefficient (Wildman–Crippen LogP) is 2.24. The van der Waals surface area contributed by atoms with E-state index < -0.39 is 0 Å². The molecule has 1 amide bonds. The zero-order valence-electron chi connectivity index (χ0n) is 9.86. The lowest BCUT2D eigenvalue weighted by Crippen LogP contribution is -2.42. The first kappa shape index (κ1) is 12.6. The number of halogens is 1. The fraction of sp³-hybridized carbons (Fsp3) is 0.583. The molecule has 0 bridgehead atoms. The minimum atomic E-state index is -0.0370. The summed E-state index contributed by atoms with van der Waals surface area (Å²) in [5, 5.41) is 0. The number of hydrogen-bond acceptors (Lipinski definition) is 3. The molecular weight excluding hydrogens is 284 g/mol. The van der Waals surface area contributed by atoms with Crippen molar-refractivity contribution in [1.82, 2.24) is 4.90 Å². The van der Waals surface area contributed by atoms with Crippen molar-refractivity contribution in [2.75, 3.05) is 13.1 Å². The third-order valence-electron chi connectivity index (χ3n) is 3.38. The fourth-order valence-corrected chi connectivity index (χ4v) is 2.59. The minimum absolute atomic E-state index is 0.0370. The normalized spacial score (nSPS) is 19.4. The molecule has 0 aliphatic carbocycles. The van der Waals surface area contributed by atoms with Gasteiger partial charge in [-0.2, -0.15) is 0 Å². The van der Waals surface area contributed by atoms with Crippen molar-refractivity contribution in [1.29, 1.82) is 0 Å². The standard InChI is InChI=1S/C12H17BrN2O2/c1-8(14)9-2-5-15(6-3-9)12(16)11-10(13)4-7-17-11/h4,7-9H,2-3,5-6,14H2,1H3.